The van der Waals surface area contributed by atoms with Gasteiger partial charge in [0.15, 0.2) is 5.69 Å². The van der Waals surface area contributed by atoms with E-state index in [2.05, 4.69) is 22.4 Å². The number of benzene rings is 1. The molecule has 1 aromatic heterocycles. The first-order valence-corrected chi connectivity index (χ1v) is 5.45. The first-order valence-electron chi connectivity index (χ1n) is 5.45. The zero-order chi connectivity index (χ0) is 11.8. The van der Waals surface area contributed by atoms with Gasteiger partial charge in [0.05, 0.1) is 6.20 Å². The molecule has 2 aromatic rings. The number of nitrogens with zero attached hydrogens (tertiary/aromatic N) is 3. The lowest BCUT2D eigenvalue weighted by atomic mass is 9.78. The lowest BCUT2D eigenvalue weighted by Crippen LogP contribution is -2.22. The smallest absolute Gasteiger partial charge is 0.358 e. The molecule has 0 radical (unpaired) electrons. The molecule has 3 rings (SSSR count). The Balaban J connectivity index is 1.75. The van der Waals surface area contributed by atoms with Crippen molar-refractivity contribution in [2.45, 2.75) is 18.9 Å². The number of carboxylic acid groups (broad SMARTS) is 1. The van der Waals surface area contributed by atoms with Gasteiger partial charge < -0.3 is 5.11 Å². The molecule has 86 valence electrons. The summed E-state index contributed by atoms with van der Waals surface area (Å²) in [6.45, 7) is 0.692. The van der Waals surface area contributed by atoms with Gasteiger partial charge in [-0.25, -0.2) is 4.79 Å². The summed E-state index contributed by atoms with van der Waals surface area (Å²) in [4.78, 5) is 10.7. The first kappa shape index (κ1) is 10.0. The Morgan fingerprint density at radius 3 is 3.00 bits per heavy atom. The third-order valence-corrected chi connectivity index (χ3v) is 3.13. The number of rotatable bonds is 3. The lowest BCUT2D eigenvalue weighted by Gasteiger charge is -2.29. The van der Waals surface area contributed by atoms with Gasteiger partial charge in [-0.3, -0.25) is 4.68 Å². The standard InChI is InChI=1S/C12H11N3O2/c16-12(17)11-7-15(14-13-11)6-9-5-8-3-1-2-4-10(8)9/h1-4,7,9H,5-6H2,(H,16,17). The summed E-state index contributed by atoms with van der Waals surface area (Å²) in [6.07, 6.45) is 2.50. The Kier molecular flexibility index (Phi) is 2.18. The number of hydrogen-bond donors (Lipinski definition) is 1. The van der Waals surface area contributed by atoms with Crippen molar-refractivity contribution in [1.29, 1.82) is 0 Å². The van der Waals surface area contributed by atoms with Crippen molar-refractivity contribution in [3.05, 3.63) is 47.3 Å². The highest BCUT2D eigenvalue weighted by Crippen LogP contribution is 2.35. The Hall–Kier alpha value is -2.17. The average molecular weight is 229 g/mol. The molecule has 5 heteroatoms. The Morgan fingerprint density at radius 2 is 2.29 bits per heavy atom. The minimum Gasteiger partial charge on any atom is -0.476 e. The van der Waals surface area contributed by atoms with E-state index < -0.39 is 5.97 Å². The molecule has 1 aromatic carbocycles. The van der Waals surface area contributed by atoms with Crippen LogP contribution in [-0.4, -0.2) is 26.1 Å². The molecule has 0 saturated heterocycles. The maximum absolute atomic E-state index is 10.7. The number of carbonyl (C=O) groups is 1. The molecule has 17 heavy (non-hydrogen) atoms. The average Bonchev–Trinajstić information content (AvgIpc) is 2.75. The molecule has 1 aliphatic carbocycles. The predicted octanol–water partition coefficient (Wildman–Crippen LogP) is 1.32. The molecule has 0 aliphatic heterocycles. The second kappa shape index (κ2) is 3.69. The van der Waals surface area contributed by atoms with E-state index in [1.807, 2.05) is 12.1 Å². The Morgan fingerprint density at radius 1 is 1.47 bits per heavy atom. The van der Waals surface area contributed by atoms with E-state index in [0.29, 0.717) is 12.5 Å². The number of carboxylic acids is 1. The van der Waals surface area contributed by atoms with Gasteiger partial charge in [-0.2, -0.15) is 0 Å². The van der Waals surface area contributed by atoms with Gasteiger partial charge in [-0.05, 0) is 17.5 Å². The zero-order valence-electron chi connectivity index (χ0n) is 9.08. The van der Waals surface area contributed by atoms with Crippen molar-refractivity contribution in [1.82, 2.24) is 15.0 Å². The minimum absolute atomic E-state index is 0.00221. The van der Waals surface area contributed by atoms with E-state index in [0.717, 1.165) is 6.42 Å². The van der Waals surface area contributed by atoms with Crippen LogP contribution in [-0.2, 0) is 13.0 Å². The number of fused-ring (bicyclic) bond motifs is 1. The van der Waals surface area contributed by atoms with E-state index in [4.69, 9.17) is 5.11 Å². The molecule has 1 unspecified atom stereocenters. The second-order valence-electron chi connectivity index (χ2n) is 4.23. The molecule has 0 fully saturated rings. The summed E-state index contributed by atoms with van der Waals surface area (Å²) < 4.78 is 1.60. The van der Waals surface area contributed by atoms with Gasteiger partial charge in [0.2, 0.25) is 0 Å². The first-order chi connectivity index (χ1) is 8.24. The van der Waals surface area contributed by atoms with E-state index in [1.165, 1.54) is 17.3 Å². The molecule has 0 amide bonds. The van der Waals surface area contributed by atoms with Crippen molar-refractivity contribution in [3.63, 3.8) is 0 Å². The third-order valence-electron chi connectivity index (χ3n) is 3.13. The molecular weight excluding hydrogens is 218 g/mol. The van der Waals surface area contributed by atoms with E-state index in [1.54, 1.807) is 4.68 Å². The van der Waals surface area contributed by atoms with Gasteiger partial charge in [0.25, 0.3) is 0 Å². The lowest BCUT2D eigenvalue weighted by molar-refractivity contribution is 0.0690. The monoisotopic (exact) mass is 229 g/mol. The molecule has 1 N–H and O–H groups in total. The Labute approximate surface area is 97.7 Å². The quantitative estimate of drug-likeness (QED) is 0.861. The number of aromatic carboxylic acids is 1. The van der Waals surface area contributed by atoms with Crippen molar-refractivity contribution >= 4 is 5.97 Å². The molecule has 1 aliphatic rings. The van der Waals surface area contributed by atoms with Gasteiger partial charge >= 0.3 is 5.97 Å². The highest BCUT2D eigenvalue weighted by atomic mass is 16.4. The summed E-state index contributed by atoms with van der Waals surface area (Å²) in [5.41, 5.74) is 2.70. The summed E-state index contributed by atoms with van der Waals surface area (Å²) in [7, 11) is 0. The summed E-state index contributed by atoms with van der Waals surface area (Å²) in [6, 6.07) is 8.29. The highest BCUT2D eigenvalue weighted by molar-refractivity contribution is 5.84. The fourth-order valence-corrected chi connectivity index (χ4v) is 2.24. The van der Waals surface area contributed by atoms with Crippen LogP contribution in [0.5, 0.6) is 0 Å². The van der Waals surface area contributed by atoms with E-state index in [9.17, 15) is 4.79 Å². The van der Waals surface area contributed by atoms with Crippen LogP contribution in [0.1, 0.15) is 27.5 Å². The third kappa shape index (κ3) is 1.69. The minimum atomic E-state index is -1.04. The fourth-order valence-electron chi connectivity index (χ4n) is 2.24. The molecule has 0 bridgehead atoms. The van der Waals surface area contributed by atoms with Crippen molar-refractivity contribution in [2.24, 2.45) is 0 Å². The molecule has 5 nitrogen and oxygen atoms in total. The maximum Gasteiger partial charge on any atom is 0.358 e. The number of hydrogen-bond acceptors (Lipinski definition) is 3. The van der Waals surface area contributed by atoms with Crippen LogP contribution in [0.25, 0.3) is 0 Å². The molecule has 1 heterocycles. The Bertz CT molecular complexity index is 577. The van der Waals surface area contributed by atoms with Crippen LogP contribution in [0.4, 0.5) is 0 Å². The molecule has 0 saturated carbocycles. The SMILES string of the molecule is O=C(O)c1cn(CC2Cc3ccccc32)nn1. The molecule has 0 spiro atoms. The molecular formula is C12H11N3O2. The topological polar surface area (TPSA) is 68.0 Å². The normalized spacial score (nSPS) is 17.3. The van der Waals surface area contributed by atoms with Crippen molar-refractivity contribution < 1.29 is 9.90 Å². The zero-order valence-corrected chi connectivity index (χ0v) is 9.08. The van der Waals surface area contributed by atoms with Crippen LogP contribution < -0.4 is 0 Å². The van der Waals surface area contributed by atoms with Gasteiger partial charge in [-0.15, -0.1) is 5.10 Å². The summed E-state index contributed by atoms with van der Waals surface area (Å²) in [5, 5.41) is 16.2. The summed E-state index contributed by atoms with van der Waals surface area (Å²) >= 11 is 0. The number of aromatic nitrogens is 3. The molecule has 1 atom stereocenters. The van der Waals surface area contributed by atoms with Crippen LogP contribution in [0, 0.1) is 0 Å². The van der Waals surface area contributed by atoms with Gasteiger partial charge in [0, 0.05) is 12.5 Å². The van der Waals surface area contributed by atoms with E-state index >= 15 is 0 Å². The predicted molar refractivity (Wildman–Crippen MR) is 59.9 cm³/mol. The second-order valence-corrected chi connectivity index (χ2v) is 4.23. The van der Waals surface area contributed by atoms with Crippen molar-refractivity contribution in [3.8, 4) is 0 Å². The van der Waals surface area contributed by atoms with Gasteiger partial charge in [0.1, 0.15) is 0 Å². The highest BCUT2D eigenvalue weighted by Gasteiger charge is 2.26. The fraction of sp³-hybridized carbons (Fsp3) is 0.250. The van der Waals surface area contributed by atoms with Crippen molar-refractivity contribution in [2.75, 3.05) is 0 Å². The van der Waals surface area contributed by atoms with Crippen LogP contribution >= 0.6 is 0 Å². The van der Waals surface area contributed by atoms with Gasteiger partial charge in [-0.1, -0.05) is 29.5 Å². The van der Waals surface area contributed by atoms with Crippen LogP contribution in [0.3, 0.4) is 0 Å². The van der Waals surface area contributed by atoms with Crippen LogP contribution in [0.15, 0.2) is 30.5 Å². The maximum atomic E-state index is 10.7. The summed E-state index contributed by atoms with van der Waals surface area (Å²) in [5.74, 6) is -0.611. The van der Waals surface area contributed by atoms with E-state index in [-0.39, 0.29) is 5.69 Å². The largest absolute Gasteiger partial charge is 0.476 e. The van der Waals surface area contributed by atoms with Crippen LogP contribution in [0.2, 0.25) is 0 Å².